The summed E-state index contributed by atoms with van der Waals surface area (Å²) in [6.45, 7) is 3.84. The SMILES string of the molecule is CCOC(=O)C(C)Sc1nnc(NC(=O)Cc2ccc(OC)cc2)s1. The molecule has 1 N–H and O–H groups in total. The van der Waals surface area contributed by atoms with Crippen LogP contribution >= 0.6 is 23.1 Å². The van der Waals surface area contributed by atoms with Gasteiger partial charge in [0.2, 0.25) is 11.0 Å². The molecule has 0 radical (unpaired) electrons. The van der Waals surface area contributed by atoms with Crippen molar-refractivity contribution in [3.05, 3.63) is 29.8 Å². The standard InChI is InChI=1S/C16H19N3O4S2/c1-4-23-14(21)10(2)24-16-19-18-15(25-16)17-13(20)9-11-5-7-12(22-3)8-6-11/h5-8,10H,4,9H2,1-3H3,(H,17,18,20). The van der Waals surface area contributed by atoms with Crippen molar-refractivity contribution in [2.24, 2.45) is 0 Å². The molecular formula is C16H19N3O4S2. The Bertz CT molecular complexity index is 718. The zero-order valence-electron chi connectivity index (χ0n) is 14.1. The number of thioether (sulfide) groups is 1. The third-order valence-corrected chi connectivity index (χ3v) is 5.07. The van der Waals surface area contributed by atoms with E-state index < -0.39 is 0 Å². The molecule has 0 saturated carbocycles. The summed E-state index contributed by atoms with van der Waals surface area (Å²) in [6, 6.07) is 7.28. The normalized spacial score (nSPS) is 11.6. The van der Waals surface area contributed by atoms with E-state index in [0.717, 1.165) is 11.3 Å². The van der Waals surface area contributed by atoms with Crippen LogP contribution in [0.1, 0.15) is 19.4 Å². The van der Waals surface area contributed by atoms with Gasteiger partial charge in [-0.05, 0) is 31.5 Å². The van der Waals surface area contributed by atoms with Crippen LogP contribution in [-0.4, -0.2) is 41.0 Å². The zero-order chi connectivity index (χ0) is 18.2. The number of amides is 1. The molecule has 0 fully saturated rings. The predicted octanol–water partition coefficient (Wildman–Crippen LogP) is 2.77. The van der Waals surface area contributed by atoms with Gasteiger partial charge >= 0.3 is 5.97 Å². The van der Waals surface area contributed by atoms with Gasteiger partial charge < -0.3 is 14.8 Å². The topological polar surface area (TPSA) is 90.4 Å². The Labute approximate surface area is 154 Å². The number of benzene rings is 1. The second-order valence-electron chi connectivity index (χ2n) is 4.96. The number of carbonyl (C=O) groups is 2. The van der Waals surface area contributed by atoms with E-state index in [4.69, 9.17) is 9.47 Å². The van der Waals surface area contributed by atoms with E-state index >= 15 is 0 Å². The number of hydrogen-bond donors (Lipinski definition) is 1. The van der Waals surface area contributed by atoms with E-state index in [9.17, 15) is 9.59 Å². The molecule has 1 aromatic carbocycles. The van der Waals surface area contributed by atoms with E-state index in [1.165, 1.54) is 23.1 Å². The van der Waals surface area contributed by atoms with Crippen LogP contribution in [0.4, 0.5) is 5.13 Å². The molecule has 7 nitrogen and oxygen atoms in total. The van der Waals surface area contributed by atoms with E-state index in [0.29, 0.717) is 16.1 Å². The van der Waals surface area contributed by atoms with Crippen molar-refractivity contribution in [3.63, 3.8) is 0 Å². The predicted molar refractivity (Wildman–Crippen MR) is 97.2 cm³/mol. The highest BCUT2D eigenvalue weighted by Gasteiger charge is 2.18. The summed E-state index contributed by atoms with van der Waals surface area (Å²) >= 11 is 2.48. The maximum atomic E-state index is 12.1. The van der Waals surface area contributed by atoms with Gasteiger partial charge in [-0.2, -0.15) is 0 Å². The molecule has 134 valence electrons. The molecular weight excluding hydrogens is 362 g/mol. The van der Waals surface area contributed by atoms with Gasteiger partial charge in [0.15, 0.2) is 4.34 Å². The van der Waals surface area contributed by atoms with E-state index in [-0.39, 0.29) is 23.5 Å². The number of nitrogens with zero attached hydrogens (tertiary/aromatic N) is 2. The van der Waals surface area contributed by atoms with Crippen LogP contribution in [0.5, 0.6) is 5.75 Å². The molecule has 0 aliphatic carbocycles. The Morgan fingerprint density at radius 2 is 2.00 bits per heavy atom. The number of carbonyl (C=O) groups excluding carboxylic acids is 2. The van der Waals surface area contributed by atoms with Gasteiger partial charge in [0.05, 0.1) is 20.1 Å². The zero-order valence-corrected chi connectivity index (χ0v) is 15.8. The lowest BCUT2D eigenvalue weighted by atomic mass is 10.1. The minimum Gasteiger partial charge on any atom is -0.497 e. The third kappa shape index (κ3) is 6.02. The number of esters is 1. The number of hydrogen-bond acceptors (Lipinski definition) is 8. The molecule has 1 heterocycles. The highest BCUT2D eigenvalue weighted by atomic mass is 32.2. The summed E-state index contributed by atoms with van der Waals surface area (Å²) in [7, 11) is 1.59. The molecule has 9 heteroatoms. The van der Waals surface area contributed by atoms with Crippen LogP contribution in [0.3, 0.4) is 0 Å². The summed E-state index contributed by atoms with van der Waals surface area (Å²) in [5, 5.41) is 10.6. The van der Waals surface area contributed by atoms with Gasteiger partial charge in [-0.25, -0.2) is 0 Å². The van der Waals surface area contributed by atoms with Crippen LogP contribution in [-0.2, 0) is 20.7 Å². The minimum atomic E-state index is -0.379. The molecule has 0 saturated heterocycles. The average Bonchev–Trinajstić information content (AvgIpc) is 3.02. The Morgan fingerprint density at radius 1 is 1.28 bits per heavy atom. The monoisotopic (exact) mass is 381 g/mol. The lowest BCUT2D eigenvalue weighted by molar-refractivity contribution is -0.142. The van der Waals surface area contributed by atoms with Gasteiger partial charge in [0.1, 0.15) is 11.0 Å². The molecule has 2 aromatic rings. The summed E-state index contributed by atoms with van der Waals surface area (Å²) in [6.07, 6.45) is 0.227. The van der Waals surface area contributed by atoms with Crippen LogP contribution in [0, 0.1) is 0 Å². The first-order chi connectivity index (χ1) is 12.0. The summed E-state index contributed by atoms with van der Waals surface area (Å²) in [5.41, 5.74) is 0.869. The molecule has 0 spiro atoms. The Hall–Kier alpha value is -2.13. The van der Waals surface area contributed by atoms with Crippen molar-refractivity contribution < 1.29 is 19.1 Å². The fraction of sp³-hybridized carbons (Fsp3) is 0.375. The molecule has 25 heavy (non-hydrogen) atoms. The van der Waals surface area contributed by atoms with Crippen molar-refractivity contribution >= 4 is 40.1 Å². The maximum absolute atomic E-state index is 12.1. The maximum Gasteiger partial charge on any atom is 0.319 e. The molecule has 0 aliphatic rings. The average molecular weight is 381 g/mol. The highest BCUT2D eigenvalue weighted by molar-refractivity contribution is 8.02. The third-order valence-electron chi connectivity index (χ3n) is 3.07. The van der Waals surface area contributed by atoms with Gasteiger partial charge in [-0.3, -0.25) is 9.59 Å². The van der Waals surface area contributed by atoms with Gasteiger partial charge in [-0.1, -0.05) is 35.2 Å². The molecule has 0 bridgehead atoms. The molecule has 0 aliphatic heterocycles. The second-order valence-corrected chi connectivity index (χ2v) is 7.52. The Kier molecular flexibility index (Phi) is 7.20. The fourth-order valence-corrected chi connectivity index (χ4v) is 3.77. The summed E-state index contributed by atoms with van der Waals surface area (Å²) in [5.74, 6) is 0.259. The Balaban J connectivity index is 1.87. The van der Waals surface area contributed by atoms with Crippen LogP contribution < -0.4 is 10.1 Å². The molecule has 1 atom stereocenters. The number of rotatable bonds is 8. The van der Waals surface area contributed by atoms with E-state index in [2.05, 4.69) is 15.5 Å². The smallest absolute Gasteiger partial charge is 0.319 e. The first-order valence-electron chi connectivity index (χ1n) is 7.61. The van der Waals surface area contributed by atoms with E-state index in [1.807, 2.05) is 12.1 Å². The quantitative estimate of drug-likeness (QED) is 0.427. The number of methoxy groups -OCH3 is 1. The molecule has 1 unspecified atom stereocenters. The first kappa shape index (κ1) is 19.2. The fourth-order valence-electron chi connectivity index (χ4n) is 1.86. The molecule has 1 amide bonds. The van der Waals surface area contributed by atoms with E-state index in [1.54, 1.807) is 33.1 Å². The summed E-state index contributed by atoms with van der Waals surface area (Å²) < 4.78 is 10.6. The first-order valence-corrected chi connectivity index (χ1v) is 9.31. The minimum absolute atomic E-state index is 0.184. The number of aromatic nitrogens is 2. The second kappa shape index (κ2) is 9.38. The number of ether oxygens (including phenoxy) is 2. The van der Waals surface area contributed by atoms with Crippen molar-refractivity contribution in [3.8, 4) is 5.75 Å². The van der Waals surface area contributed by atoms with Gasteiger partial charge in [0, 0.05) is 0 Å². The van der Waals surface area contributed by atoms with Crippen molar-refractivity contribution in [2.75, 3.05) is 19.0 Å². The van der Waals surface area contributed by atoms with Crippen molar-refractivity contribution in [1.29, 1.82) is 0 Å². The van der Waals surface area contributed by atoms with Crippen molar-refractivity contribution in [2.45, 2.75) is 29.9 Å². The van der Waals surface area contributed by atoms with Crippen LogP contribution in [0.15, 0.2) is 28.6 Å². The van der Waals surface area contributed by atoms with Crippen LogP contribution in [0.2, 0.25) is 0 Å². The van der Waals surface area contributed by atoms with Crippen LogP contribution in [0.25, 0.3) is 0 Å². The largest absolute Gasteiger partial charge is 0.497 e. The molecule has 2 rings (SSSR count). The lowest BCUT2D eigenvalue weighted by Crippen LogP contribution is -2.16. The summed E-state index contributed by atoms with van der Waals surface area (Å²) in [4.78, 5) is 23.7. The molecule has 1 aromatic heterocycles. The van der Waals surface area contributed by atoms with Crippen molar-refractivity contribution in [1.82, 2.24) is 10.2 Å². The Morgan fingerprint density at radius 3 is 2.64 bits per heavy atom. The highest BCUT2D eigenvalue weighted by Crippen LogP contribution is 2.29. The lowest BCUT2D eigenvalue weighted by Gasteiger charge is -2.06. The van der Waals surface area contributed by atoms with Gasteiger partial charge in [0.25, 0.3) is 0 Å². The number of anilines is 1. The van der Waals surface area contributed by atoms with Gasteiger partial charge in [-0.15, -0.1) is 10.2 Å². The number of nitrogens with one attached hydrogen (secondary N) is 1.